The molecule has 0 saturated carbocycles. The van der Waals surface area contributed by atoms with E-state index in [-0.39, 0.29) is 28.7 Å². The van der Waals surface area contributed by atoms with Gasteiger partial charge in [-0.1, -0.05) is 17.7 Å². The minimum Gasteiger partial charge on any atom is -0.379 e. The van der Waals surface area contributed by atoms with Crippen LogP contribution < -0.4 is 5.32 Å². The van der Waals surface area contributed by atoms with Gasteiger partial charge < -0.3 is 19.9 Å². The van der Waals surface area contributed by atoms with Gasteiger partial charge >= 0.3 is 6.03 Å². The minimum absolute atomic E-state index is 0.0186. The number of carbonyl (C=O) groups is 2. The van der Waals surface area contributed by atoms with Crippen molar-refractivity contribution in [3.8, 4) is 0 Å². The molecule has 0 aliphatic carbocycles. The fraction of sp³-hybridized carbons (Fsp3) is 0.619. The van der Waals surface area contributed by atoms with Crippen molar-refractivity contribution in [2.45, 2.75) is 32.2 Å². The second kappa shape index (κ2) is 10.9. The Bertz CT molecular complexity index is 745. The fourth-order valence-corrected chi connectivity index (χ4v) is 4.25. The molecule has 3 rings (SSSR count). The average molecular weight is 441 g/mol. The fourth-order valence-electron chi connectivity index (χ4n) is 4.07. The van der Waals surface area contributed by atoms with Crippen molar-refractivity contribution in [1.29, 1.82) is 0 Å². The maximum absolute atomic E-state index is 14.1. The SMILES string of the molecule is CC(=O)N(CCCN1CCOCC1)C1CCCN(C(=O)Nc2cccc(Cl)c2F)C1. The first-order valence-corrected chi connectivity index (χ1v) is 10.9. The number of rotatable bonds is 6. The first-order valence-electron chi connectivity index (χ1n) is 10.5. The number of morpholine rings is 1. The highest BCUT2D eigenvalue weighted by atomic mass is 35.5. The lowest BCUT2D eigenvalue weighted by Crippen LogP contribution is -2.52. The lowest BCUT2D eigenvalue weighted by molar-refractivity contribution is -0.132. The molecular formula is C21H30ClFN4O3. The van der Waals surface area contributed by atoms with Crippen molar-refractivity contribution < 1.29 is 18.7 Å². The number of ether oxygens (including phenoxy) is 1. The third-order valence-corrected chi connectivity index (χ3v) is 5.99. The van der Waals surface area contributed by atoms with Gasteiger partial charge in [-0.15, -0.1) is 0 Å². The van der Waals surface area contributed by atoms with Gasteiger partial charge in [-0.25, -0.2) is 9.18 Å². The standard InChI is InChI=1S/C21H30ClFN4O3/c1-16(28)27(10-4-8-25-11-13-30-14-12-25)17-5-3-9-26(15-17)21(29)24-19-7-2-6-18(22)20(19)23/h2,6-7,17H,3-5,8-15H2,1H3,(H,24,29). The summed E-state index contributed by atoms with van der Waals surface area (Å²) in [5, 5.41) is 2.57. The number of carbonyl (C=O) groups excluding carboxylic acids is 2. The molecule has 30 heavy (non-hydrogen) atoms. The lowest BCUT2D eigenvalue weighted by atomic mass is 10.0. The Morgan fingerprint density at radius 1 is 1.30 bits per heavy atom. The normalized spacial score (nSPS) is 20.1. The molecule has 2 heterocycles. The van der Waals surface area contributed by atoms with Crippen LogP contribution in [0.15, 0.2) is 18.2 Å². The van der Waals surface area contributed by atoms with E-state index in [1.165, 1.54) is 12.1 Å². The largest absolute Gasteiger partial charge is 0.379 e. The van der Waals surface area contributed by atoms with Gasteiger partial charge in [-0.3, -0.25) is 9.69 Å². The molecule has 0 spiro atoms. The van der Waals surface area contributed by atoms with Crippen molar-refractivity contribution in [2.75, 3.05) is 57.8 Å². The monoisotopic (exact) mass is 440 g/mol. The van der Waals surface area contributed by atoms with Crippen molar-refractivity contribution in [3.63, 3.8) is 0 Å². The van der Waals surface area contributed by atoms with Gasteiger partial charge in [0.15, 0.2) is 5.82 Å². The molecule has 0 bridgehead atoms. The summed E-state index contributed by atoms with van der Waals surface area (Å²) in [6.45, 7) is 7.56. The number of hydrogen-bond donors (Lipinski definition) is 1. The van der Waals surface area contributed by atoms with Crippen molar-refractivity contribution in [3.05, 3.63) is 29.0 Å². The topological polar surface area (TPSA) is 65.1 Å². The second-order valence-electron chi connectivity index (χ2n) is 7.79. The molecule has 2 fully saturated rings. The van der Waals surface area contributed by atoms with Crippen LogP contribution in [0, 0.1) is 5.82 Å². The zero-order chi connectivity index (χ0) is 21.5. The number of piperidine rings is 1. The van der Waals surface area contributed by atoms with Crippen LogP contribution >= 0.6 is 11.6 Å². The van der Waals surface area contributed by atoms with E-state index in [0.717, 1.165) is 52.1 Å². The van der Waals surface area contributed by atoms with Crippen LogP contribution in [0.3, 0.4) is 0 Å². The summed E-state index contributed by atoms with van der Waals surface area (Å²) in [6, 6.07) is 4.10. The molecule has 3 amide bonds. The zero-order valence-electron chi connectivity index (χ0n) is 17.4. The zero-order valence-corrected chi connectivity index (χ0v) is 18.2. The number of nitrogens with zero attached hydrogens (tertiary/aromatic N) is 3. The molecule has 0 aromatic heterocycles. The van der Waals surface area contributed by atoms with Gasteiger partial charge in [-0.05, 0) is 31.4 Å². The maximum atomic E-state index is 14.1. The van der Waals surface area contributed by atoms with Crippen molar-refractivity contribution in [1.82, 2.24) is 14.7 Å². The van der Waals surface area contributed by atoms with E-state index in [2.05, 4.69) is 10.2 Å². The third-order valence-electron chi connectivity index (χ3n) is 5.70. The number of likely N-dealkylation sites (tertiary alicyclic amines) is 1. The average Bonchev–Trinajstić information content (AvgIpc) is 2.75. The van der Waals surface area contributed by atoms with Crippen molar-refractivity contribution >= 4 is 29.2 Å². The highest BCUT2D eigenvalue weighted by Gasteiger charge is 2.29. The minimum atomic E-state index is -0.644. The van der Waals surface area contributed by atoms with E-state index < -0.39 is 5.82 Å². The Hall–Kier alpha value is -1.90. The molecule has 1 N–H and O–H groups in total. The molecule has 0 radical (unpaired) electrons. The van der Waals surface area contributed by atoms with Gasteiger partial charge in [0.25, 0.3) is 0 Å². The summed E-state index contributed by atoms with van der Waals surface area (Å²) in [5.41, 5.74) is 0.0589. The molecule has 166 valence electrons. The van der Waals surface area contributed by atoms with Gasteiger partial charge in [0.05, 0.1) is 23.9 Å². The summed E-state index contributed by atoms with van der Waals surface area (Å²) < 4.78 is 19.5. The molecular weight excluding hydrogens is 411 g/mol. The summed E-state index contributed by atoms with van der Waals surface area (Å²) in [5.74, 6) is -0.625. The Morgan fingerprint density at radius 2 is 2.07 bits per heavy atom. The molecule has 2 aliphatic heterocycles. The molecule has 2 saturated heterocycles. The van der Waals surface area contributed by atoms with Gasteiger partial charge in [-0.2, -0.15) is 0 Å². The van der Waals surface area contributed by atoms with Crippen molar-refractivity contribution in [2.24, 2.45) is 0 Å². The Balaban J connectivity index is 1.54. The number of hydrogen-bond acceptors (Lipinski definition) is 4. The predicted molar refractivity (Wildman–Crippen MR) is 114 cm³/mol. The summed E-state index contributed by atoms with van der Waals surface area (Å²) in [4.78, 5) is 30.8. The first-order chi connectivity index (χ1) is 14.5. The van der Waals surface area contributed by atoms with E-state index in [1.54, 1.807) is 17.9 Å². The van der Waals surface area contributed by atoms with Crippen LogP contribution in [-0.2, 0) is 9.53 Å². The van der Waals surface area contributed by atoms with Crippen LogP contribution in [0.4, 0.5) is 14.9 Å². The number of nitrogens with one attached hydrogen (secondary N) is 1. The van der Waals surface area contributed by atoms with Gasteiger partial charge in [0.1, 0.15) is 0 Å². The molecule has 1 aromatic rings. The van der Waals surface area contributed by atoms with Crippen LogP contribution in [0.1, 0.15) is 26.2 Å². The number of amides is 3. The first kappa shape index (κ1) is 22.8. The summed E-state index contributed by atoms with van der Waals surface area (Å²) in [6.07, 6.45) is 2.53. The van der Waals surface area contributed by atoms with Gasteiger partial charge in [0.2, 0.25) is 5.91 Å². The Kier molecular flexibility index (Phi) is 8.30. The van der Waals surface area contributed by atoms with E-state index in [4.69, 9.17) is 16.3 Å². The van der Waals surface area contributed by atoms with E-state index in [0.29, 0.717) is 19.6 Å². The van der Waals surface area contributed by atoms with Crippen LogP contribution in [0.5, 0.6) is 0 Å². The van der Waals surface area contributed by atoms with E-state index in [9.17, 15) is 14.0 Å². The number of urea groups is 1. The number of anilines is 1. The number of benzene rings is 1. The Labute approximate surface area is 182 Å². The van der Waals surface area contributed by atoms with Gasteiger partial charge in [0, 0.05) is 52.2 Å². The van der Waals surface area contributed by atoms with Crippen LogP contribution in [0.25, 0.3) is 0 Å². The molecule has 1 aromatic carbocycles. The number of halogens is 2. The highest BCUT2D eigenvalue weighted by Crippen LogP contribution is 2.23. The molecule has 2 aliphatic rings. The van der Waals surface area contributed by atoms with E-state index >= 15 is 0 Å². The third kappa shape index (κ3) is 6.06. The maximum Gasteiger partial charge on any atom is 0.321 e. The molecule has 1 unspecified atom stereocenters. The molecule has 9 heteroatoms. The van der Waals surface area contributed by atoms with E-state index in [1.807, 2.05) is 4.90 Å². The molecule has 7 nitrogen and oxygen atoms in total. The second-order valence-corrected chi connectivity index (χ2v) is 8.20. The highest BCUT2D eigenvalue weighted by molar-refractivity contribution is 6.31. The summed E-state index contributed by atoms with van der Waals surface area (Å²) >= 11 is 5.79. The Morgan fingerprint density at radius 3 is 2.80 bits per heavy atom. The predicted octanol–water partition coefficient (Wildman–Crippen LogP) is 3.05. The quantitative estimate of drug-likeness (QED) is 0.738. The lowest BCUT2D eigenvalue weighted by Gasteiger charge is -2.39. The smallest absolute Gasteiger partial charge is 0.321 e. The van der Waals surface area contributed by atoms with Crippen LogP contribution in [0.2, 0.25) is 5.02 Å². The summed E-state index contributed by atoms with van der Waals surface area (Å²) in [7, 11) is 0. The molecule has 1 atom stereocenters. The van der Waals surface area contributed by atoms with Crippen LogP contribution in [-0.4, -0.2) is 85.2 Å².